The first-order chi connectivity index (χ1) is 40.7. The van der Waals surface area contributed by atoms with Gasteiger partial charge in [-0.3, -0.25) is 37.3 Å². The standard InChI is InChI=1S/C66H128O17P2/c1-8-9-10-11-23-33-40-47-63(68)76-53-61(82-66(71)50-43-36-29-22-16-19-26-32-39-46-59(6)7)55-80-84(72,73)78-51-60(67)52-79-85(74,75)81-56-62(54-77-64(69)48-41-34-27-21-15-18-25-31-38-45-58(4)5)83-65(70)49-42-35-28-20-14-12-13-17-24-30-37-44-57(2)3/h57-62,67H,8-56H2,1-7H3,(H,72,73)(H,74,75)/t60-,61+,62+/m0/s1. The van der Waals surface area contributed by atoms with Crippen LogP contribution in [-0.4, -0.2) is 96.7 Å². The van der Waals surface area contributed by atoms with Crippen LogP contribution in [0.15, 0.2) is 0 Å². The lowest BCUT2D eigenvalue weighted by molar-refractivity contribution is -0.161. The Balaban J connectivity index is 5.22. The van der Waals surface area contributed by atoms with Crippen molar-refractivity contribution in [3.8, 4) is 0 Å². The van der Waals surface area contributed by atoms with Crippen LogP contribution in [0.2, 0.25) is 0 Å². The van der Waals surface area contributed by atoms with E-state index in [0.29, 0.717) is 25.7 Å². The Morgan fingerprint density at radius 1 is 0.318 bits per heavy atom. The molecule has 0 radical (unpaired) electrons. The second-order valence-corrected chi connectivity index (χ2v) is 28.2. The third-order valence-electron chi connectivity index (χ3n) is 15.1. The zero-order chi connectivity index (χ0) is 63.1. The van der Waals surface area contributed by atoms with E-state index in [1.165, 1.54) is 122 Å². The van der Waals surface area contributed by atoms with Crippen molar-refractivity contribution in [2.75, 3.05) is 39.6 Å². The fourth-order valence-corrected chi connectivity index (χ4v) is 11.4. The number of unbranched alkanes of at least 4 members (excludes halogenated alkanes) is 32. The highest BCUT2D eigenvalue weighted by molar-refractivity contribution is 7.47. The van der Waals surface area contributed by atoms with Gasteiger partial charge in [-0.1, -0.05) is 273 Å². The normalized spacial score (nSPS) is 14.3. The van der Waals surface area contributed by atoms with Gasteiger partial charge in [0.15, 0.2) is 12.2 Å². The maximum atomic E-state index is 13.0. The van der Waals surface area contributed by atoms with E-state index in [1.54, 1.807) is 0 Å². The molecule has 0 fully saturated rings. The molecule has 0 amide bonds. The van der Waals surface area contributed by atoms with E-state index in [0.717, 1.165) is 120 Å². The Labute approximate surface area is 517 Å². The summed E-state index contributed by atoms with van der Waals surface area (Å²) in [6, 6.07) is 0. The summed E-state index contributed by atoms with van der Waals surface area (Å²) in [5.74, 6) is 0.109. The zero-order valence-corrected chi connectivity index (χ0v) is 56.9. The average molecular weight is 1260 g/mol. The summed E-state index contributed by atoms with van der Waals surface area (Å²) in [6.45, 7) is 11.7. The lowest BCUT2D eigenvalue weighted by atomic mass is 10.0. The van der Waals surface area contributed by atoms with E-state index in [2.05, 4.69) is 48.5 Å². The largest absolute Gasteiger partial charge is 0.472 e. The summed E-state index contributed by atoms with van der Waals surface area (Å²) < 4.78 is 68.0. The number of esters is 4. The van der Waals surface area contributed by atoms with Crippen molar-refractivity contribution in [2.45, 2.75) is 343 Å². The van der Waals surface area contributed by atoms with Gasteiger partial charge in [-0.05, 0) is 43.4 Å². The summed E-state index contributed by atoms with van der Waals surface area (Å²) in [4.78, 5) is 72.2. The number of ether oxygens (including phenoxy) is 4. The molecule has 3 N–H and O–H groups in total. The van der Waals surface area contributed by atoms with Crippen molar-refractivity contribution in [1.82, 2.24) is 0 Å². The molecule has 0 aromatic rings. The number of aliphatic hydroxyl groups is 1. The molecule has 0 aromatic carbocycles. The molecule has 5 atom stereocenters. The van der Waals surface area contributed by atoms with Gasteiger partial charge in [-0.25, -0.2) is 9.13 Å². The van der Waals surface area contributed by atoms with Crippen LogP contribution < -0.4 is 0 Å². The van der Waals surface area contributed by atoms with Crippen molar-refractivity contribution in [2.24, 2.45) is 17.8 Å². The summed E-state index contributed by atoms with van der Waals surface area (Å²) >= 11 is 0. The predicted octanol–water partition coefficient (Wildman–Crippen LogP) is 18.3. The molecule has 504 valence electrons. The number of phosphoric acid groups is 2. The first-order valence-corrected chi connectivity index (χ1v) is 37.3. The van der Waals surface area contributed by atoms with E-state index in [-0.39, 0.29) is 25.7 Å². The molecular weight excluding hydrogens is 1130 g/mol. The smallest absolute Gasteiger partial charge is 0.462 e. The van der Waals surface area contributed by atoms with Crippen LogP contribution in [0.1, 0.15) is 325 Å². The van der Waals surface area contributed by atoms with Crippen molar-refractivity contribution in [3.63, 3.8) is 0 Å². The Bertz CT molecular complexity index is 1680. The van der Waals surface area contributed by atoms with Crippen molar-refractivity contribution >= 4 is 39.5 Å². The molecule has 2 unspecified atom stereocenters. The minimum Gasteiger partial charge on any atom is -0.462 e. The summed E-state index contributed by atoms with van der Waals surface area (Å²) in [5, 5.41) is 10.5. The van der Waals surface area contributed by atoms with Gasteiger partial charge in [0.05, 0.1) is 26.4 Å². The number of phosphoric ester groups is 2. The van der Waals surface area contributed by atoms with Gasteiger partial charge in [-0.2, -0.15) is 0 Å². The predicted molar refractivity (Wildman–Crippen MR) is 340 cm³/mol. The van der Waals surface area contributed by atoms with E-state index in [1.807, 2.05) is 0 Å². The van der Waals surface area contributed by atoms with Crippen LogP contribution in [0.3, 0.4) is 0 Å². The molecule has 85 heavy (non-hydrogen) atoms. The van der Waals surface area contributed by atoms with Crippen molar-refractivity contribution < 1.29 is 80.2 Å². The maximum absolute atomic E-state index is 13.0. The van der Waals surface area contributed by atoms with E-state index < -0.39 is 97.5 Å². The zero-order valence-electron chi connectivity index (χ0n) is 55.1. The highest BCUT2D eigenvalue weighted by atomic mass is 31.2. The number of aliphatic hydroxyl groups excluding tert-OH is 1. The molecule has 0 rings (SSSR count). The van der Waals surface area contributed by atoms with Crippen molar-refractivity contribution in [1.29, 1.82) is 0 Å². The Kier molecular flexibility index (Phi) is 55.9. The van der Waals surface area contributed by atoms with Gasteiger partial charge in [0.25, 0.3) is 0 Å². The lowest BCUT2D eigenvalue weighted by Gasteiger charge is -2.21. The molecule has 19 heteroatoms. The number of carbonyl (C=O) groups excluding carboxylic acids is 4. The fourth-order valence-electron chi connectivity index (χ4n) is 9.83. The summed E-state index contributed by atoms with van der Waals surface area (Å²) in [5.41, 5.74) is 0. The molecule has 0 saturated carbocycles. The van der Waals surface area contributed by atoms with Crippen LogP contribution in [0.4, 0.5) is 0 Å². The number of rotatable bonds is 64. The second kappa shape index (κ2) is 57.2. The molecule has 0 heterocycles. The van der Waals surface area contributed by atoms with Gasteiger partial charge in [0, 0.05) is 25.7 Å². The molecule has 0 bridgehead atoms. The Morgan fingerprint density at radius 2 is 0.541 bits per heavy atom. The quantitative estimate of drug-likeness (QED) is 0.0222. The van der Waals surface area contributed by atoms with E-state index >= 15 is 0 Å². The third-order valence-corrected chi connectivity index (χ3v) is 17.0. The van der Waals surface area contributed by atoms with Gasteiger partial charge in [-0.15, -0.1) is 0 Å². The van der Waals surface area contributed by atoms with E-state index in [4.69, 9.17) is 37.0 Å². The summed E-state index contributed by atoms with van der Waals surface area (Å²) in [6.07, 6.45) is 39.0. The van der Waals surface area contributed by atoms with Gasteiger partial charge in [0.1, 0.15) is 19.3 Å². The summed E-state index contributed by atoms with van der Waals surface area (Å²) in [7, 11) is -9.89. The molecule has 0 aliphatic rings. The first-order valence-electron chi connectivity index (χ1n) is 34.3. The Hall–Kier alpha value is -1.94. The highest BCUT2D eigenvalue weighted by Crippen LogP contribution is 2.45. The third kappa shape index (κ3) is 60.7. The van der Waals surface area contributed by atoms with Crippen LogP contribution >= 0.6 is 15.6 Å². The molecule has 17 nitrogen and oxygen atoms in total. The minimum atomic E-state index is -4.95. The fraction of sp³-hybridized carbons (Fsp3) is 0.939. The Morgan fingerprint density at radius 3 is 0.800 bits per heavy atom. The topological polar surface area (TPSA) is 237 Å². The average Bonchev–Trinajstić information content (AvgIpc) is 3.45. The van der Waals surface area contributed by atoms with Crippen molar-refractivity contribution in [3.05, 3.63) is 0 Å². The maximum Gasteiger partial charge on any atom is 0.472 e. The van der Waals surface area contributed by atoms with Gasteiger partial charge in [0.2, 0.25) is 0 Å². The molecule has 0 saturated heterocycles. The van der Waals surface area contributed by atoms with Crippen LogP contribution in [0, 0.1) is 17.8 Å². The molecular formula is C66H128O17P2. The van der Waals surface area contributed by atoms with Crippen LogP contribution in [-0.2, 0) is 65.4 Å². The van der Waals surface area contributed by atoms with Crippen LogP contribution in [0.5, 0.6) is 0 Å². The second-order valence-electron chi connectivity index (χ2n) is 25.3. The molecule has 0 aromatic heterocycles. The molecule has 0 aliphatic carbocycles. The highest BCUT2D eigenvalue weighted by Gasteiger charge is 2.30. The molecule has 0 spiro atoms. The SMILES string of the molecule is CCCCCCCCCC(=O)OC[C@H](COP(=O)(O)OC[C@H](O)COP(=O)(O)OC[C@@H](COC(=O)CCCCCCCCCCCC(C)C)OC(=O)CCCCCCCCCCCCCC(C)C)OC(=O)CCCCCCCCCCCC(C)C. The number of hydrogen-bond donors (Lipinski definition) is 3. The lowest BCUT2D eigenvalue weighted by Crippen LogP contribution is -2.30. The number of carbonyl (C=O) groups is 4. The minimum absolute atomic E-state index is 0.104. The first kappa shape index (κ1) is 83.1. The van der Waals surface area contributed by atoms with Crippen LogP contribution in [0.25, 0.3) is 0 Å². The van der Waals surface area contributed by atoms with Gasteiger partial charge < -0.3 is 33.8 Å². The molecule has 0 aliphatic heterocycles. The number of hydrogen-bond acceptors (Lipinski definition) is 15. The van der Waals surface area contributed by atoms with Gasteiger partial charge >= 0.3 is 39.5 Å². The van der Waals surface area contributed by atoms with E-state index in [9.17, 15) is 43.2 Å². The monoisotopic (exact) mass is 1250 g/mol.